The summed E-state index contributed by atoms with van der Waals surface area (Å²) >= 11 is 0.631. The fourth-order valence-corrected chi connectivity index (χ4v) is 7.97. The van der Waals surface area contributed by atoms with Gasteiger partial charge >= 0.3 is 166 Å². The SMILES string of the molecule is C=CCOc1cc([Se][Se]c2ccc(OC)c(OCC=C)c2)ccc1OC. The summed E-state index contributed by atoms with van der Waals surface area (Å²) in [5, 5.41) is 0. The second kappa shape index (κ2) is 11.0. The fraction of sp³-hybridized carbons (Fsp3) is 0.200. The Kier molecular flexibility index (Phi) is 8.66. The van der Waals surface area contributed by atoms with Crippen molar-refractivity contribution in [3.05, 3.63) is 61.7 Å². The molecule has 0 atom stereocenters. The van der Waals surface area contributed by atoms with Crippen LogP contribution in [0.3, 0.4) is 0 Å². The van der Waals surface area contributed by atoms with Crippen LogP contribution < -0.4 is 27.9 Å². The molecule has 0 unspecified atom stereocenters. The summed E-state index contributed by atoms with van der Waals surface area (Å²) in [5.74, 6) is 2.99. The molecule has 0 saturated carbocycles. The van der Waals surface area contributed by atoms with Crippen LogP contribution in [0.2, 0.25) is 0 Å². The van der Waals surface area contributed by atoms with Crippen LogP contribution in [-0.4, -0.2) is 53.7 Å². The van der Waals surface area contributed by atoms with E-state index in [0.29, 0.717) is 39.5 Å². The van der Waals surface area contributed by atoms with Gasteiger partial charge in [0.15, 0.2) is 0 Å². The molecule has 2 aromatic carbocycles. The monoisotopic (exact) mass is 486 g/mol. The molecule has 138 valence electrons. The number of benzene rings is 2. The van der Waals surface area contributed by atoms with Gasteiger partial charge in [-0.1, -0.05) is 0 Å². The Morgan fingerprint density at radius 3 is 1.50 bits per heavy atom. The maximum atomic E-state index is 5.69. The van der Waals surface area contributed by atoms with E-state index in [1.807, 2.05) is 12.1 Å². The summed E-state index contributed by atoms with van der Waals surface area (Å²) in [6.45, 7) is 8.29. The molecule has 0 aliphatic rings. The molecule has 0 aliphatic carbocycles. The van der Waals surface area contributed by atoms with Crippen LogP contribution in [0, 0.1) is 0 Å². The van der Waals surface area contributed by atoms with Gasteiger partial charge in [-0.2, -0.15) is 0 Å². The van der Waals surface area contributed by atoms with E-state index in [2.05, 4.69) is 37.4 Å². The van der Waals surface area contributed by atoms with Gasteiger partial charge in [-0.15, -0.1) is 0 Å². The van der Waals surface area contributed by atoms with Crippen molar-refractivity contribution >= 4 is 35.2 Å². The summed E-state index contributed by atoms with van der Waals surface area (Å²) in [7, 11) is 3.29. The predicted molar refractivity (Wildman–Crippen MR) is 108 cm³/mol. The van der Waals surface area contributed by atoms with Crippen molar-refractivity contribution in [3.63, 3.8) is 0 Å². The molecule has 0 heterocycles. The first kappa shape index (κ1) is 20.5. The van der Waals surface area contributed by atoms with E-state index >= 15 is 0 Å². The third-order valence-electron chi connectivity index (χ3n) is 3.22. The normalized spacial score (nSPS) is 10.1. The minimum atomic E-state index is 0.315. The van der Waals surface area contributed by atoms with Gasteiger partial charge in [-0.25, -0.2) is 0 Å². The standard InChI is InChI=1S/C20H22O4Se2/c1-5-11-23-19-13-15(7-9-17(19)21-3)25-26-16-8-10-18(22-4)20(14-16)24-12-6-2/h5-10,13-14H,1-2,11-12H2,3-4H3. The van der Waals surface area contributed by atoms with Crippen molar-refractivity contribution in [2.75, 3.05) is 27.4 Å². The van der Waals surface area contributed by atoms with Crippen molar-refractivity contribution in [2.24, 2.45) is 0 Å². The first-order valence-corrected chi connectivity index (χ1v) is 13.9. The number of hydrogen-bond acceptors (Lipinski definition) is 4. The van der Waals surface area contributed by atoms with Gasteiger partial charge in [-0.05, 0) is 0 Å². The van der Waals surface area contributed by atoms with Crippen LogP contribution in [-0.2, 0) is 0 Å². The summed E-state index contributed by atoms with van der Waals surface area (Å²) in [6.07, 6.45) is 3.45. The van der Waals surface area contributed by atoms with Crippen LogP contribution in [0.15, 0.2) is 61.7 Å². The van der Waals surface area contributed by atoms with Gasteiger partial charge in [0.2, 0.25) is 0 Å². The number of hydrogen-bond donors (Lipinski definition) is 0. The van der Waals surface area contributed by atoms with E-state index in [1.165, 1.54) is 8.92 Å². The van der Waals surface area contributed by atoms with Gasteiger partial charge in [0.1, 0.15) is 0 Å². The van der Waals surface area contributed by atoms with Crippen LogP contribution in [0.5, 0.6) is 23.0 Å². The molecule has 0 aromatic heterocycles. The first-order valence-electron chi connectivity index (χ1n) is 7.89. The Labute approximate surface area is 166 Å². The van der Waals surface area contributed by atoms with Crippen molar-refractivity contribution < 1.29 is 18.9 Å². The molecule has 2 aromatic rings. The average molecular weight is 484 g/mol. The Morgan fingerprint density at radius 2 is 1.15 bits per heavy atom. The Bertz CT molecular complexity index is 683. The Balaban J connectivity index is 2.10. The number of rotatable bonds is 11. The van der Waals surface area contributed by atoms with E-state index in [-0.39, 0.29) is 0 Å². The van der Waals surface area contributed by atoms with E-state index < -0.39 is 0 Å². The topological polar surface area (TPSA) is 36.9 Å². The summed E-state index contributed by atoms with van der Waals surface area (Å²) < 4.78 is 24.6. The molecule has 0 saturated heterocycles. The van der Waals surface area contributed by atoms with Crippen molar-refractivity contribution in [1.82, 2.24) is 0 Å². The third-order valence-corrected chi connectivity index (χ3v) is 10.4. The molecular formula is C20H22O4Se2. The maximum absolute atomic E-state index is 5.69. The van der Waals surface area contributed by atoms with Crippen LogP contribution in [0.4, 0.5) is 0 Å². The zero-order valence-corrected chi connectivity index (χ0v) is 18.3. The average Bonchev–Trinajstić information content (AvgIpc) is 2.69. The van der Waals surface area contributed by atoms with Crippen molar-refractivity contribution in [1.29, 1.82) is 0 Å². The van der Waals surface area contributed by atoms with Crippen molar-refractivity contribution in [2.45, 2.75) is 0 Å². The van der Waals surface area contributed by atoms with Gasteiger partial charge < -0.3 is 0 Å². The zero-order chi connectivity index (χ0) is 18.8. The van der Waals surface area contributed by atoms with Gasteiger partial charge in [-0.3, -0.25) is 0 Å². The second-order valence-corrected chi connectivity index (χ2v) is 11.3. The molecule has 0 fully saturated rings. The summed E-state index contributed by atoms with van der Waals surface area (Å²) in [5.41, 5.74) is 0. The molecular weight excluding hydrogens is 462 g/mol. The van der Waals surface area contributed by atoms with Crippen LogP contribution in [0.1, 0.15) is 0 Å². The number of ether oxygens (including phenoxy) is 4. The van der Waals surface area contributed by atoms with Crippen LogP contribution >= 0.6 is 0 Å². The van der Waals surface area contributed by atoms with Gasteiger partial charge in [0, 0.05) is 0 Å². The molecule has 6 heteroatoms. The molecule has 4 nitrogen and oxygen atoms in total. The Hall–Kier alpha value is -1.84. The number of methoxy groups -OCH3 is 2. The van der Waals surface area contributed by atoms with E-state index in [0.717, 1.165) is 23.0 Å². The van der Waals surface area contributed by atoms with E-state index in [1.54, 1.807) is 26.4 Å². The molecule has 0 bridgehead atoms. The molecule has 0 aliphatic heterocycles. The first-order chi connectivity index (χ1) is 12.7. The summed E-state index contributed by atoms with van der Waals surface area (Å²) in [4.78, 5) is 0. The van der Waals surface area contributed by atoms with E-state index in [4.69, 9.17) is 18.9 Å². The minimum absolute atomic E-state index is 0.315. The molecule has 0 amide bonds. The second-order valence-electron chi connectivity index (χ2n) is 4.99. The molecule has 0 spiro atoms. The summed E-state index contributed by atoms with van der Waals surface area (Å²) in [6, 6.07) is 12.2. The fourth-order valence-electron chi connectivity index (χ4n) is 2.04. The zero-order valence-electron chi connectivity index (χ0n) is 14.9. The molecule has 0 radical (unpaired) electrons. The third kappa shape index (κ3) is 5.86. The quantitative estimate of drug-likeness (QED) is 0.362. The van der Waals surface area contributed by atoms with Crippen molar-refractivity contribution in [3.8, 4) is 23.0 Å². The molecule has 0 N–H and O–H groups in total. The van der Waals surface area contributed by atoms with Gasteiger partial charge in [0.25, 0.3) is 0 Å². The molecule has 26 heavy (non-hydrogen) atoms. The predicted octanol–water partition coefficient (Wildman–Crippen LogP) is 2.11. The Morgan fingerprint density at radius 1 is 0.731 bits per heavy atom. The van der Waals surface area contributed by atoms with E-state index in [9.17, 15) is 0 Å². The van der Waals surface area contributed by atoms with Crippen LogP contribution in [0.25, 0.3) is 0 Å². The van der Waals surface area contributed by atoms with Gasteiger partial charge in [0.05, 0.1) is 0 Å². The molecule has 2 rings (SSSR count).